The third-order valence-electron chi connectivity index (χ3n) is 2.45. The van der Waals surface area contributed by atoms with E-state index in [4.69, 9.17) is 5.84 Å². The molecule has 100 valence electrons. The van der Waals surface area contributed by atoms with Crippen LogP contribution < -0.4 is 16.6 Å². The van der Waals surface area contributed by atoms with Crippen LogP contribution in [0.5, 0.6) is 0 Å². The maximum absolute atomic E-state index is 5.46. The largest absolute Gasteiger partial charge is 0.349 e. The van der Waals surface area contributed by atoms with Crippen molar-refractivity contribution >= 4 is 21.9 Å². The van der Waals surface area contributed by atoms with E-state index in [0.29, 0.717) is 11.9 Å². The molecule has 0 aliphatic rings. The van der Waals surface area contributed by atoms with Gasteiger partial charge in [0.15, 0.2) is 0 Å². The van der Waals surface area contributed by atoms with Crippen molar-refractivity contribution in [2.24, 2.45) is 16.8 Å². The molecule has 1 atom stereocenters. The molecule has 0 aromatic heterocycles. The van der Waals surface area contributed by atoms with Gasteiger partial charge in [0, 0.05) is 11.0 Å². The van der Waals surface area contributed by atoms with Gasteiger partial charge in [-0.15, -0.1) is 0 Å². The van der Waals surface area contributed by atoms with Crippen molar-refractivity contribution in [3.63, 3.8) is 0 Å². The second-order valence-corrected chi connectivity index (χ2v) is 5.56. The van der Waals surface area contributed by atoms with E-state index in [2.05, 4.69) is 64.6 Å². The quantitative estimate of drug-likeness (QED) is 0.346. The zero-order chi connectivity index (χ0) is 13.5. The monoisotopic (exact) mass is 312 g/mol. The molecule has 1 aromatic carbocycles. The number of nitrogens with two attached hydrogens (primary N) is 1. The molecule has 0 aliphatic carbocycles. The summed E-state index contributed by atoms with van der Waals surface area (Å²) in [4.78, 5) is 4.39. The number of rotatable bonds is 4. The molecule has 18 heavy (non-hydrogen) atoms. The molecule has 5 heteroatoms. The minimum absolute atomic E-state index is 0.143. The number of hydrogen-bond acceptors (Lipinski definition) is 2. The standard InChI is InChI=1S/C13H21BrN4/c1-9(2)8-16-13(18-15)17-10(3)11-5-4-6-12(14)7-11/h4-7,9-10H,8,15H2,1-3H3,(H2,16,17,18). The number of nitrogens with zero attached hydrogens (tertiary/aromatic N) is 1. The Morgan fingerprint density at radius 3 is 2.67 bits per heavy atom. The molecule has 4 nitrogen and oxygen atoms in total. The maximum Gasteiger partial charge on any atom is 0.206 e. The van der Waals surface area contributed by atoms with Crippen molar-refractivity contribution in [3.05, 3.63) is 34.3 Å². The number of guanidine groups is 1. The van der Waals surface area contributed by atoms with E-state index in [1.165, 1.54) is 5.56 Å². The second-order valence-electron chi connectivity index (χ2n) is 4.65. The highest BCUT2D eigenvalue weighted by Crippen LogP contribution is 2.17. The highest BCUT2D eigenvalue weighted by molar-refractivity contribution is 9.10. The molecule has 0 bridgehead atoms. The van der Waals surface area contributed by atoms with E-state index in [1.54, 1.807) is 0 Å². The van der Waals surface area contributed by atoms with E-state index in [-0.39, 0.29) is 6.04 Å². The van der Waals surface area contributed by atoms with E-state index in [9.17, 15) is 0 Å². The van der Waals surface area contributed by atoms with Gasteiger partial charge in [-0.2, -0.15) is 0 Å². The third kappa shape index (κ3) is 5.06. The van der Waals surface area contributed by atoms with Crippen molar-refractivity contribution < 1.29 is 0 Å². The van der Waals surface area contributed by atoms with Crippen LogP contribution in [0.1, 0.15) is 32.4 Å². The van der Waals surface area contributed by atoms with Crippen LogP contribution in [0.3, 0.4) is 0 Å². The molecule has 0 saturated carbocycles. The minimum atomic E-state index is 0.143. The lowest BCUT2D eigenvalue weighted by Gasteiger charge is -2.17. The van der Waals surface area contributed by atoms with Gasteiger partial charge in [0.25, 0.3) is 0 Å². The van der Waals surface area contributed by atoms with E-state index in [1.807, 2.05) is 12.1 Å². The Bertz CT molecular complexity index is 404. The first kappa shape index (κ1) is 15.0. The molecule has 1 rings (SSSR count). The second kappa shape index (κ2) is 7.38. The summed E-state index contributed by atoms with van der Waals surface area (Å²) in [6, 6.07) is 8.31. The van der Waals surface area contributed by atoms with Crippen LogP contribution in [0.4, 0.5) is 0 Å². The van der Waals surface area contributed by atoms with Gasteiger partial charge in [-0.1, -0.05) is 41.9 Å². The zero-order valence-corrected chi connectivity index (χ0v) is 12.7. The van der Waals surface area contributed by atoms with E-state index < -0.39 is 0 Å². The van der Waals surface area contributed by atoms with Crippen LogP contribution in [-0.4, -0.2) is 12.5 Å². The van der Waals surface area contributed by atoms with Crippen LogP contribution in [0, 0.1) is 5.92 Å². The first-order chi connectivity index (χ1) is 8.52. The Kier molecular flexibility index (Phi) is 6.15. The van der Waals surface area contributed by atoms with Gasteiger partial charge in [-0.05, 0) is 30.5 Å². The molecule has 0 spiro atoms. The van der Waals surface area contributed by atoms with Gasteiger partial charge in [-0.3, -0.25) is 10.4 Å². The third-order valence-corrected chi connectivity index (χ3v) is 2.95. The summed E-state index contributed by atoms with van der Waals surface area (Å²) in [6.07, 6.45) is 0. The Morgan fingerprint density at radius 1 is 1.39 bits per heavy atom. The number of hydrazine groups is 1. The van der Waals surface area contributed by atoms with Crippen LogP contribution in [-0.2, 0) is 0 Å². The normalized spacial score (nSPS) is 13.6. The van der Waals surface area contributed by atoms with Gasteiger partial charge in [0.05, 0.1) is 6.04 Å². The van der Waals surface area contributed by atoms with Crippen molar-refractivity contribution in [1.29, 1.82) is 0 Å². The topological polar surface area (TPSA) is 62.4 Å². The fraction of sp³-hybridized carbons (Fsp3) is 0.462. The van der Waals surface area contributed by atoms with Crippen molar-refractivity contribution in [3.8, 4) is 0 Å². The molecule has 1 unspecified atom stereocenters. The Balaban J connectivity index is 2.67. The van der Waals surface area contributed by atoms with Gasteiger partial charge >= 0.3 is 0 Å². The number of hydrogen-bond donors (Lipinski definition) is 3. The van der Waals surface area contributed by atoms with Crippen LogP contribution >= 0.6 is 15.9 Å². The summed E-state index contributed by atoms with van der Waals surface area (Å²) in [7, 11) is 0. The Morgan fingerprint density at radius 2 is 2.11 bits per heavy atom. The molecule has 0 saturated heterocycles. The molecule has 1 aromatic rings. The van der Waals surface area contributed by atoms with Crippen LogP contribution in [0.25, 0.3) is 0 Å². The van der Waals surface area contributed by atoms with Crippen molar-refractivity contribution in [1.82, 2.24) is 10.7 Å². The lowest BCUT2D eigenvalue weighted by atomic mass is 10.1. The average molecular weight is 313 g/mol. The smallest absolute Gasteiger partial charge is 0.206 e. The van der Waals surface area contributed by atoms with Gasteiger partial charge in [-0.25, -0.2) is 5.84 Å². The highest BCUT2D eigenvalue weighted by atomic mass is 79.9. The summed E-state index contributed by atoms with van der Waals surface area (Å²) in [6.45, 7) is 7.06. The lowest BCUT2D eigenvalue weighted by molar-refractivity contribution is 0.642. The first-order valence-corrected chi connectivity index (χ1v) is 6.85. The molecule has 0 aliphatic heterocycles. The summed E-state index contributed by atoms with van der Waals surface area (Å²) in [5.41, 5.74) is 3.78. The minimum Gasteiger partial charge on any atom is -0.349 e. The average Bonchev–Trinajstić information content (AvgIpc) is 2.34. The molecule has 0 heterocycles. The maximum atomic E-state index is 5.46. The SMILES string of the molecule is CC(C)CN=C(NN)NC(C)c1cccc(Br)c1. The molecule has 0 fully saturated rings. The number of aliphatic imine (C=N–C) groups is 1. The molecule has 0 radical (unpaired) electrons. The number of benzene rings is 1. The van der Waals surface area contributed by atoms with E-state index >= 15 is 0 Å². The number of nitrogens with one attached hydrogen (secondary N) is 2. The zero-order valence-electron chi connectivity index (χ0n) is 11.1. The predicted octanol–water partition coefficient (Wildman–Crippen LogP) is 2.58. The summed E-state index contributed by atoms with van der Waals surface area (Å²) in [5, 5.41) is 3.26. The fourth-order valence-electron chi connectivity index (χ4n) is 1.47. The van der Waals surface area contributed by atoms with Gasteiger partial charge in [0.1, 0.15) is 0 Å². The Hall–Kier alpha value is -1.07. The van der Waals surface area contributed by atoms with Gasteiger partial charge < -0.3 is 5.32 Å². The summed E-state index contributed by atoms with van der Waals surface area (Å²) >= 11 is 3.47. The number of halogens is 1. The highest BCUT2D eigenvalue weighted by Gasteiger charge is 2.07. The summed E-state index contributed by atoms with van der Waals surface area (Å²) in [5.74, 6) is 6.59. The molecular formula is C13H21BrN4. The molecule has 0 amide bonds. The fourth-order valence-corrected chi connectivity index (χ4v) is 1.89. The van der Waals surface area contributed by atoms with Crippen LogP contribution in [0.2, 0.25) is 0 Å². The van der Waals surface area contributed by atoms with Crippen molar-refractivity contribution in [2.45, 2.75) is 26.8 Å². The van der Waals surface area contributed by atoms with Crippen LogP contribution in [0.15, 0.2) is 33.7 Å². The lowest BCUT2D eigenvalue weighted by Crippen LogP contribution is -2.42. The predicted molar refractivity (Wildman–Crippen MR) is 80.2 cm³/mol. The van der Waals surface area contributed by atoms with E-state index in [0.717, 1.165) is 11.0 Å². The van der Waals surface area contributed by atoms with Gasteiger partial charge in [0.2, 0.25) is 5.96 Å². The Labute approximate surface area is 117 Å². The summed E-state index contributed by atoms with van der Waals surface area (Å²) < 4.78 is 1.06. The molecular weight excluding hydrogens is 292 g/mol. The first-order valence-electron chi connectivity index (χ1n) is 6.06. The van der Waals surface area contributed by atoms with Crippen molar-refractivity contribution in [2.75, 3.05) is 6.54 Å². The molecule has 4 N–H and O–H groups in total.